The van der Waals surface area contributed by atoms with Crippen LogP contribution in [0.25, 0.3) is 0 Å². The first-order valence-electron chi connectivity index (χ1n) is 7.66. The first-order valence-corrected chi connectivity index (χ1v) is 7.66. The number of nitrogens with two attached hydrogens (primary N) is 1. The molecule has 2 fully saturated rings. The Morgan fingerprint density at radius 1 is 1.11 bits per heavy atom. The van der Waals surface area contributed by atoms with Crippen molar-refractivity contribution in [1.82, 2.24) is 4.90 Å². The van der Waals surface area contributed by atoms with Crippen LogP contribution in [0.2, 0.25) is 0 Å². The molecular weight excluding hydrogens is 224 g/mol. The molecule has 0 aliphatic heterocycles. The second kappa shape index (κ2) is 6.55. The lowest BCUT2D eigenvalue weighted by molar-refractivity contribution is -0.131. The van der Waals surface area contributed by atoms with E-state index < -0.39 is 0 Å². The maximum absolute atomic E-state index is 12.2. The van der Waals surface area contributed by atoms with Gasteiger partial charge in [-0.3, -0.25) is 4.79 Å². The van der Waals surface area contributed by atoms with Crippen LogP contribution in [0.1, 0.15) is 57.8 Å². The maximum Gasteiger partial charge on any atom is 0.222 e. The lowest BCUT2D eigenvalue weighted by Crippen LogP contribution is -2.36. The predicted octanol–water partition coefficient (Wildman–Crippen LogP) is 2.54. The van der Waals surface area contributed by atoms with Crippen molar-refractivity contribution < 1.29 is 4.79 Å². The summed E-state index contributed by atoms with van der Waals surface area (Å²) in [4.78, 5) is 14.1. The quantitative estimate of drug-likeness (QED) is 0.835. The van der Waals surface area contributed by atoms with Crippen molar-refractivity contribution in [2.45, 2.75) is 63.8 Å². The van der Waals surface area contributed by atoms with E-state index in [1.807, 2.05) is 11.9 Å². The molecule has 3 heteroatoms. The summed E-state index contributed by atoms with van der Waals surface area (Å²) in [5, 5.41) is 0. The fourth-order valence-electron chi connectivity index (χ4n) is 3.56. The highest BCUT2D eigenvalue weighted by Crippen LogP contribution is 2.28. The molecule has 2 aliphatic carbocycles. The third-order valence-electron chi connectivity index (χ3n) is 4.84. The molecule has 18 heavy (non-hydrogen) atoms. The fourth-order valence-corrected chi connectivity index (χ4v) is 3.56. The molecule has 2 N–H and O–H groups in total. The fraction of sp³-hybridized carbons (Fsp3) is 0.933. The predicted molar refractivity (Wildman–Crippen MR) is 74.1 cm³/mol. The van der Waals surface area contributed by atoms with Gasteiger partial charge in [-0.25, -0.2) is 0 Å². The normalized spacial score (nSPS) is 29.4. The van der Waals surface area contributed by atoms with Crippen LogP contribution in [-0.2, 0) is 4.79 Å². The number of nitrogens with zero attached hydrogens (tertiary/aromatic N) is 1. The summed E-state index contributed by atoms with van der Waals surface area (Å²) < 4.78 is 0. The maximum atomic E-state index is 12.2. The van der Waals surface area contributed by atoms with Gasteiger partial charge in [-0.15, -0.1) is 0 Å². The van der Waals surface area contributed by atoms with Crippen molar-refractivity contribution in [3.63, 3.8) is 0 Å². The Kier molecular flexibility index (Phi) is 5.04. The first kappa shape index (κ1) is 13.9. The Bertz CT molecular complexity index is 274. The van der Waals surface area contributed by atoms with E-state index in [2.05, 4.69) is 0 Å². The van der Waals surface area contributed by atoms with Crippen molar-refractivity contribution in [3.8, 4) is 0 Å². The van der Waals surface area contributed by atoms with Crippen LogP contribution in [0.4, 0.5) is 0 Å². The van der Waals surface area contributed by atoms with Gasteiger partial charge < -0.3 is 10.6 Å². The lowest BCUT2D eigenvalue weighted by atomic mass is 9.89. The second-order valence-corrected chi connectivity index (χ2v) is 6.34. The Balaban J connectivity index is 1.73. The van der Waals surface area contributed by atoms with Crippen molar-refractivity contribution in [3.05, 3.63) is 0 Å². The van der Waals surface area contributed by atoms with Gasteiger partial charge in [0, 0.05) is 26.1 Å². The molecule has 2 rings (SSSR count). The van der Waals surface area contributed by atoms with Crippen LogP contribution >= 0.6 is 0 Å². The van der Waals surface area contributed by atoms with Gasteiger partial charge in [0.05, 0.1) is 0 Å². The van der Waals surface area contributed by atoms with Gasteiger partial charge in [-0.2, -0.15) is 0 Å². The molecule has 0 unspecified atom stereocenters. The van der Waals surface area contributed by atoms with E-state index in [9.17, 15) is 4.79 Å². The zero-order valence-corrected chi connectivity index (χ0v) is 11.7. The average molecular weight is 252 g/mol. The molecule has 0 radical (unpaired) electrons. The highest BCUT2D eigenvalue weighted by molar-refractivity contribution is 5.76. The molecule has 0 saturated heterocycles. The molecule has 3 nitrogen and oxygen atoms in total. The molecule has 2 atom stereocenters. The second-order valence-electron chi connectivity index (χ2n) is 6.34. The number of carbonyl (C=O) groups excluding carboxylic acids is 1. The van der Waals surface area contributed by atoms with Crippen LogP contribution < -0.4 is 5.73 Å². The van der Waals surface area contributed by atoms with Gasteiger partial charge >= 0.3 is 0 Å². The zero-order valence-electron chi connectivity index (χ0n) is 11.7. The highest BCUT2D eigenvalue weighted by atomic mass is 16.2. The Hall–Kier alpha value is -0.570. The molecule has 0 spiro atoms. The van der Waals surface area contributed by atoms with E-state index >= 15 is 0 Å². The molecule has 0 heterocycles. The summed E-state index contributed by atoms with van der Waals surface area (Å²) in [6.07, 6.45) is 10.8. The Morgan fingerprint density at radius 2 is 1.83 bits per heavy atom. The third kappa shape index (κ3) is 3.71. The Labute approximate surface area is 111 Å². The van der Waals surface area contributed by atoms with E-state index in [1.54, 1.807) is 0 Å². The van der Waals surface area contributed by atoms with Crippen LogP contribution in [0.3, 0.4) is 0 Å². The van der Waals surface area contributed by atoms with E-state index in [0.717, 1.165) is 25.3 Å². The molecule has 1 amide bonds. The molecule has 104 valence electrons. The van der Waals surface area contributed by atoms with E-state index in [0.29, 0.717) is 18.2 Å². The average Bonchev–Trinajstić information content (AvgIpc) is 2.76. The summed E-state index contributed by atoms with van der Waals surface area (Å²) in [5.74, 6) is 1.49. The lowest BCUT2D eigenvalue weighted by Gasteiger charge is -2.28. The minimum Gasteiger partial charge on any atom is -0.345 e. The summed E-state index contributed by atoms with van der Waals surface area (Å²) in [6, 6.07) is 0.261. The molecule has 0 aromatic heterocycles. The molecular formula is C15H28N2O. The molecule has 2 aliphatic rings. The number of rotatable bonds is 4. The number of hydrogen-bond donors (Lipinski definition) is 1. The summed E-state index contributed by atoms with van der Waals surface area (Å²) >= 11 is 0. The van der Waals surface area contributed by atoms with E-state index in [1.165, 1.54) is 38.5 Å². The Morgan fingerprint density at radius 3 is 2.44 bits per heavy atom. The molecule has 2 saturated carbocycles. The van der Waals surface area contributed by atoms with Gasteiger partial charge in [-0.1, -0.05) is 25.7 Å². The van der Waals surface area contributed by atoms with Crippen LogP contribution in [0, 0.1) is 11.8 Å². The van der Waals surface area contributed by atoms with Crippen molar-refractivity contribution in [1.29, 1.82) is 0 Å². The van der Waals surface area contributed by atoms with Gasteiger partial charge in [0.15, 0.2) is 0 Å². The molecule has 0 aromatic carbocycles. The SMILES string of the molecule is CN(CC1CCCCC1)C(=O)C[C@@H]1CCC[C@H]1N. The van der Waals surface area contributed by atoms with Crippen molar-refractivity contribution >= 4 is 5.91 Å². The molecule has 0 aromatic rings. The highest BCUT2D eigenvalue weighted by Gasteiger charge is 2.27. The van der Waals surface area contributed by atoms with Crippen LogP contribution in [-0.4, -0.2) is 30.4 Å². The van der Waals surface area contributed by atoms with Gasteiger partial charge in [0.1, 0.15) is 0 Å². The van der Waals surface area contributed by atoms with Crippen molar-refractivity contribution in [2.24, 2.45) is 17.6 Å². The van der Waals surface area contributed by atoms with Crippen molar-refractivity contribution in [2.75, 3.05) is 13.6 Å². The number of amides is 1. The summed E-state index contributed by atoms with van der Waals surface area (Å²) in [5.41, 5.74) is 6.04. The standard InChI is InChI=1S/C15H28N2O/c1-17(11-12-6-3-2-4-7-12)15(18)10-13-8-5-9-14(13)16/h12-14H,2-11,16H2,1H3/t13-,14+/m0/s1. The number of hydrogen-bond acceptors (Lipinski definition) is 2. The smallest absolute Gasteiger partial charge is 0.222 e. The topological polar surface area (TPSA) is 46.3 Å². The minimum atomic E-state index is 0.261. The van der Waals surface area contributed by atoms with Crippen LogP contribution in [0.15, 0.2) is 0 Å². The summed E-state index contributed by atoms with van der Waals surface area (Å²) in [6.45, 7) is 0.959. The number of carbonyl (C=O) groups is 1. The largest absolute Gasteiger partial charge is 0.345 e. The molecule has 0 bridgehead atoms. The first-order chi connectivity index (χ1) is 8.66. The zero-order chi connectivity index (χ0) is 13.0. The van der Waals surface area contributed by atoms with Crippen LogP contribution in [0.5, 0.6) is 0 Å². The monoisotopic (exact) mass is 252 g/mol. The van der Waals surface area contributed by atoms with E-state index in [4.69, 9.17) is 5.73 Å². The minimum absolute atomic E-state index is 0.261. The van der Waals surface area contributed by atoms with E-state index in [-0.39, 0.29) is 6.04 Å². The van der Waals surface area contributed by atoms with Gasteiger partial charge in [0.2, 0.25) is 5.91 Å². The van der Waals surface area contributed by atoms with Gasteiger partial charge in [0.25, 0.3) is 0 Å². The van der Waals surface area contributed by atoms with Gasteiger partial charge in [-0.05, 0) is 37.5 Å². The summed E-state index contributed by atoms with van der Waals surface area (Å²) in [7, 11) is 1.97. The third-order valence-corrected chi connectivity index (χ3v) is 4.84.